The number of thioether (sulfide) groups is 1. The molecule has 1 N–H and O–H groups in total. The second-order valence-electron chi connectivity index (χ2n) is 3.90. The van der Waals surface area contributed by atoms with Gasteiger partial charge in [-0.25, -0.2) is 4.98 Å². The molecule has 1 aromatic heterocycles. The fourth-order valence-corrected chi connectivity index (χ4v) is 2.93. The Kier molecular flexibility index (Phi) is 4.81. The smallest absolute Gasteiger partial charge is 0.292 e. The van der Waals surface area contributed by atoms with E-state index in [-0.39, 0.29) is 5.69 Å². The van der Waals surface area contributed by atoms with Crippen LogP contribution in [0.4, 0.5) is 11.4 Å². The van der Waals surface area contributed by atoms with E-state index in [4.69, 9.17) is 11.6 Å². The quantitative estimate of drug-likeness (QED) is 0.514. The maximum Gasteiger partial charge on any atom is 0.292 e. The standard InChI is InChI=1S/C13H12ClN3O2S/c1-15-12-9(4-2-6-11(12)17(18)19)8-20-13-10(14)5-3-7-16-13/h2-7,15H,8H2,1H3. The van der Waals surface area contributed by atoms with E-state index < -0.39 is 4.92 Å². The number of nitro groups is 1. The van der Waals surface area contributed by atoms with E-state index in [1.807, 2.05) is 6.07 Å². The second kappa shape index (κ2) is 6.58. The summed E-state index contributed by atoms with van der Waals surface area (Å²) in [6, 6.07) is 8.54. The van der Waals surface area contributed by atoms with Crippen LogP contribution in [0.2, 0.25) is 5.02 Å². The third-order valence-corrected chi connectivity index (χ3v) is 4.14. The minimum atomic E-state index is -0.395. The summed E-state index contributed by atoms with van der Waals surface area (Å²) >= 11 is 7.48. The Labute approximate surface area is 125 Å². The molecule has 7 heteroatoms. The summed E-state index contributed by atoms with van der Waals surface area (Å²) in [5, 5.41) is 15.2. The lowest BCUT2D eigenvalue weighted by Crippen LogP contribution is -2.00. The molecule has 0 bridgehead atoms. The van der Waals surface area contributed by atoms with Gasteiger partial charge in [-0.2, -0.15) is 0 Å². The summed E-state index contributed by atoms with van der Waals surface area (Å²) in [4.78, 5) is 14.8. The number of hydrogen-bond donors (Lipinski definition) is 1. The lowest BCUT2D eigenvalue weighted by molar-refractivity contribution is -0.384. The van der Waals surface area contributed by atoms with Gasteiger partial charge in [-0.15, -0.1) is 11.8 Å². The highest BCUT2D eigenvalue weighted by atomic mass is 35.5. The van der Waals surface area contributed by atoms with Gasteiger partial charge >= 0.3 is 0 Å². The Morgan fingerprint density at radius 1 is 1.40 bits per heavy atom. The van der Waals surface area contributed by atoms with Crippen molar-refractivity contribution < 1.29 is 4.92 Å². The third-order valence-electron chi connectivity index (χ3n) is 2.66. The molecule has 0 fully saturated rings. The number of anilines is 1. The second-order valence-corrected chi connectivity index (χ2v) is 5.27. The number of nitrogens with zero attached hydrogens (tertiary/aromatic N) is 2. The minimum Gasteiger partial charge on any atom is -0.382 e. The highest BCUT2D eigenvalue weighted by Crippen LogP contribution is 2.33. The Balaban J connectivity index is 2.24. The lowest BCUT2D eigenvalue weighted by Gasteiger charge is -2.09. The minimum absolute atomic E-state index is 0.0673. The van der Waals surface area contributed by atoms with Gasteiger partial charge in [0.1, 0.15) is 10.7 Å². The summed E-state index contributed by atoms with van der Waals surface area (Å²) in [7, 11) is 1.67. The van der Waals surface area contributed by atoms with Crippen molar-refractivity contribution in [2.75, 3.05) is 12.4 Å². The monoisotopic (exact) mass is 309 g/mol. The zero-order chi connectivity index (χ0) is 14.5. The molecule has 20 heavy (non-hydrogen) atoms. The van der Waals surface area contributed by atoms with Crippen molar-refractivity contribution >= 4 is 34.7 Å². The highest BCUT2D eigenvalue weighted by Gasteiger charge is 2.16. The van der Waals surface area contributed by atoms with Crippen molar-refractivity contribution in [3.8, 4) is 0 Å². The Morgan fingerprint density at radius 3 is 2.85 bits per heavy atom. The first-order valence-corrected chi connectivity index (χ1v) is 7.17. The molecule has 0 unspecified atom stereocenters. The fourth-order valence-electron chi connectivity index (χ4n) is 1.77. The predicted octanol–water partition coefficient (Wildman–Crippen LogP) is 3.98. The Morgan fingerprint density at radius 2 is 2.20 bits per heavy atom. The number of aromatic nitrogens is 1. The molecular formula is C13H12ClN3O2S. The van der Waals surface area contributed by atoms with Crippen LogP contribution in [0.3, 0.4) is 0 Å². The van der Waals surface area contributed by atoms with E-state index in [1.54, 1.807) is 31.4 Å². The summed E-state index contributed by atoms with van der Waals surface area (Å²) in [6.07, 6.45) is 1.67. The first kappa shape index (κ1) is 14.6. The van der Waals surface area contributed by atoms with Crippen LogP contribution in [0, 0.1) is 10.1 Å². The molecule has 0 saturated heterocycles. The summed E-state index contributed by atoms with van der Waals surface area (Å²) in [6.45, 7) is 0. The molecule has 1 aromatic carbocycles. The average molecular weight is 310 g/mol. The van der Waals surface area contributed by atoms with Crippen LogP contribution in [0.5, 0.6) is 0 Å². The number of pyridine rings is 1. The summed E-state index contributed by atoms with van der Waals surface area (Å²) in [5.74, 6) is 0.550. The van der Waals surface area contributed by atoms with Gasteiger partial charge in [0, 0.05) is 25.1 Å². The van der Waals surface area contributed by atoms with Crippen LogP contribution >= 0.6 is 23.4 Å². The van der Waals surface area contributed by atoms with Crippen LogP contribution < -0.4 is 5.32 Å². The molecular weight excluding hydrogens is 298 g/mol. The maximum atomic E-state index is 11.0. The number of nitro benzene ring substituents is 1. The third kappa shape index (κ3) is 3.20. The van der Waals surface area contributed by atoms with Crippen LogP contribution in [-0.4, -0.2) is 17.0 Å². The van der Waals surface area contributed by atoms with Crippen molar-refractivity contribution in [1.82, 2.24) is 4.98 Å². The molecule has 2 rings (SSSR count). The topological polar surface area (TPSA) is 68.1 Å². The molecule has 0 spiro atoms. The largest absolute Gasteiger partial charge is 0.382 e. The van der Waals surface area contributed by atoms with Crippen molar-refractivity contribution in [1.29, 1.82) is 0 Å². The number of hydrogen-bond acceptors (Lipinski definition) is 5. The maximum absolute atomic E-state index is 11.0. The normalized spacial score (nSPS) is 10.3. The Bertz CT molecular complexity index is 637. The zero-order valence-electron chi connectivity index (χ0n) is 10.7. The number of halogens is 1. The van der Waals surface area contributed by atoms with Crippen molar-refractivity contribution in [2.24, 2.45) is 0 Å². The van der Waals surface area contributed by atoms with Gasteiger partial charge in [-0.3, -0.25) is 10.1 Å². The molecule has 0 saturated carbocycles. The van der Waals surface area contributed by atoms with E-state index >= 15 is 0 Å². The van der Waals surface area contributed by atoms with Gasteiger partial charge in [0.2, 0.25) is 0 Å². The number of nitrogens with one attached hydrogen (secondary N) is 1. The molecule has 104 valence electrons. The molecule has 0 aliphatic rings. The average Bonchev–Trinajstić information content (AvgIpc) is 2.45. The SMILES string of the molecule is CNc1c(CSc2ncccc2Cl)cccc1[N+](=O)[O-]. The van der Waals surface area contributed by atoms with Crippen molar-refractivity contribution in [2.45, 2.75) is 10.8 Å². The number of rotatable bonds is 5. The lowest BCUT2D eigenvalue weighted by atomic mass is 10.1. The van der Waals surface area contributed by atoms with Crippen LogP contribution in [0.1, 0.15) is 5.56 Å². The molecule has 0 aliphatic carbocycles. The molecule has 0 radical (unpaired) electrons. The molecule has 0 aliphatic heterocycles. The van der Waals surface area contributed by atoms with Crippen molar-refractivity contribution in [3.05, 3.63) is 57.2 Å². The van der Waals surface area contributed by atoms with Gasteiger partial charge in [-0.1, -0.05) is 23.7 Å². The van der Waals surface area contributed by atoms with Crippen LogP contribution in [-0.2, 0) is 5.75 Å². The van der Waals surface area contributed by atoms with Crippen molar-refractivity contribution in [3.63, 3.8) is 0 Å². The van der Waals surface area contributed by atoms with Gasteiger partial charge in [0.25, 0.3) is 5.69 Å². The number of benzene rings is 1. The molecule has 0 amide bonds. The van der Waals surface area contributed by atoms with Gasteiger partial charge in [0.05, 0.1) is 9.95 Å². The van der Waals surface area contributed by atoms with Crippen LogP contribution in [0.15, 0.2) is 41.6 Å². The number of para-hydroxylation sites is 1. The molecule has 0 atom stereocenters. The molecule has 2 aromatic rings. The fraction of sp³-hybridized carbons (Fsp3) is 0.154. The van der Waals surface area contributed by atoms with E-state index in [2.05, 4.69) is 10.3 Å². The van der Waals surface area contributed by atoms with E-state index in [1.165, 1.54) is 17.8 Å². The summed E-state index contributed by atoms with van der Waals surface area (Å²) in [5.41, 5.74) is 1.43. The first-order chi connectivity index (χ1) is 9.63. The predicted molar refractivity (Wildman–Crippen MR) is 81.5 cm³/mol. The van der Waals surface area contributed by atoms with Crippen LogP contribution in [0.25, 0.3) is 0 Å². The van der Waals surface area contributed by atoms with Gasteiger partial charge < -0.3 is 5.32 Å². The van der Waals surface area contributed by atoms with E-state index in [0.717, 1.165) is 5.56 Å². The van der Waals surface area contributed by atoms with E-state index in [9.17, 15) is 10.1 Å². The summed E-state index contributed by atoms with van der Waals surface area (Å²) < 4.78 is 0. The Hall–Kier alpha value is -1.79. The molecule has 1 heterocycles. The van der Waals surface area contributed by atoms with Gasteiger partial charge in [-0.05, 0) is 17.7 Å². The zero-order valence-corrected chi connectivity index (χ0v) is 12.2. The van der Waals surface area contributed by atoms with Gasteiger partial charge in [0.15, 0.2) is 0 Å². The highest BCUT2D eigenvalue weighted by molar-refractivity contribution is 7.98. The molecule has 5 nitrogen and oxygen atoms in total. The first-order valence-electron chi connectivity index (χ1n) is 5.81. The van der Waals surface area contributed by atoms with E-state index in [0.29, 0.717) is 21.5 Å².